The van der Waals surface area contributed by atoms with E-state index in [2.05, 4.69) is 36.3 Å². The number of aromatic nitrogens is 2. The first-order valence-corrected chi connectivity index (χ1v) is 8.88. The highest BCUT2D eigenvalue weighted by Crippen LogP contribution is 2.37. The summed E-state index contributed by atoms with van der Waals surface area (Å²) in [7, 11) is 0. The Balaban J connectivity index is 1.95. The van der Waals surface area contributed by atoms with Crippen LogP contribution in [0, 0.1) is 6.92 Å². The Hall–Kier alpha value is -2.36. The van der Waals surface area contributed by atoms with Crippen LogP contribution in [0.3, 0.4) is 0 Å². The van der Waals surface area contributed by atoms with E-state index in [1.165, 1.54) is 9.75 Å². The van der Waals surface area contributed by atoms with Crippen molar-refractivity contribution in [2.24, 2.45) is 0 Å². The van der Waals surface area contributed by atoms with E-state index in [-0.39, 0.29) is 0 Å². The highest BCUT2D eigenvalue weighted by Gasteiger charge is 2.17. The van der Waals surface area contributed by atoms with Crippen LogP contribution in [0.5, 0.6) is 0 Å². The quantitative estimate of drug-likeness (QED) is 0.428. The van der Waals surface area contributed by atoms with Gasteiger partial charge in [0.15, 0.2) is 0 Å². The van der Waals surface area contributed by atoms with Gasteiger partial charge in [-0.15, -0.1) is 11.3 Å². The molecule has 4 aromatic rings. The Morgan fingerprint density at radius 1 is 0.917 bits per heavy atom. The standard InChI is InChI=1S/C20H15ClN2S/c1-14-7-12-19(24-14)20-18(15-8-10-16(21)11-9-15)13-22-23(20)17-5-3-2-4-6-17/h2-13H,1H3. The predicted octanol–water partition coefficient (Wildman–Crippen LogP) is 6.23. The normalized spacial score (nSPS) is 10.9. The van der Waals surface area contributed by atoms with Gasteiger partial charge in [-0.2, -0.15) is 5.10 Å². The first-order valence-electron chi connectivity index (χ1n) is 7.68. The monoisotopic (exact) mass is 350 g/mol. The van der Waals surface area contributed by atoms with Gasteiger partial charge >= 0.3 is 0 Å². The molecule has 0 atom stereocenters. The lowest BCUT2D eigenvalue weighted by Gasteiger charge is -2.09. The maximum atomic E-state index is 6.04. The third-order valence-corrected chi connectivity index (χ3v) is 5.16. The topological polar surface area (TPSA) is 17.8 Å². The number of thiophene rings is 1. The summed E-state index contributed by atoms with van der Waals surface area (Å²) in [5.74, 6) is 0. The SMILES string of the molecule is Cc1ccc(-c2c(-c3ccc(Cl)cc3)cnn2-c2ccccc2)s1. The van der Waals surface area contributed by atoms with Crippen molar-refractivity contribution in [2.75, 3.05) is 0 Å². The zero-order valence-corrected chi connectivity index (χ0v) is 14.7. The molecule has 4 heteroatoms. The Morgan fingerprint density at radius 3 is 2.33 bits per heavy atom. The second-order valence-corrected chi connectivity index (χ2v) is 7.30. The Labute approximate surface area is 150 Å². The van der Waals surface area contributed by atoms with Crippen LogP contribution < -0.4 is 0 Å². The number of hydrogen-bond acceptors (Lipinski definition) is 2. The smallest absolute Gasteiger partial charge is 0.0919 e. The van der Waals surface area contributed by atoms with Gasteiger partial charge in [0.2, 0.25) is 0 Å². The van der Waals surface area contributed by atoms with E-state index >= 15 is 0 Å². The summed E-state index contributed by atoms with van der Waals surface area (Å²) < 4.78 is 2.01. The Bertz CT molecular complexity index is 969. The van der Waals surface area contributed by atoms with E-state index in [1.807, 2.05) is 53.3 Å². The summed E-state index contributed by atoms with van der Waals surface area (Å²) in [4.78, 5) is 2.49. The summed E-state index contributed by atoms with van der Waals surface area (Å²) in [6, 6.07) is 22.4. The van der Waals surface area contributed by atoms with Crippen LogP contribution in [0.4, 0.5) is 0 Å². The lowest BCUT2D eigenvalue weighted by atomic mass is 10.1. The maximum absolute atomic E-state index is 6.04. The molecular formula is C20H15ClN2S. The molecule has 2 heterocycles. The largest absolute Gasteiger partial charge is 0.232 e. The molecule has 0 aliphatic rings. The molecule has 2 aromatic heterocycles. The van der Waals surface area contributed by atoms with E-state index in [1.54, 1.807) is 11.3 Å². The van der Waals surface area contributed by atoms with Gasteiger partial charge in [0.25, 0.3) is 0 Å². The van der Waals surface area contributed by atoms with Crippen molar-refractivity contribution >= 4 is 22.9 Å². The minimum Gasteiger partial charge on any atom is -0.232 e. The van der Waals surface area contributed by atoms with Crippen LogP contribution in [0.1, 0.15) is 4.88 Å². The molecule has 0 aliphatic carbocycles. The molecule has 4 rings (SSSR count). The molecule has 0 spiro atoms. The highest BCUT2D eigenvalue weighted by atomic mass is 35.5. The highest BCUT2D eigenvalue weighted by molar-refractivity contribution is 7.15. The number of halogens is 1. The van der Waals surface area contributed by atoms with Crippen molar-refractivity contribution in [1.82, 2.24) is 9.78 Å². The minimum atomic E-state index is 0.739. The van der Waals surface area contributed by atoms with Crippen LogP contribution in [-0.2, 0) is 0 Å². The average molecular weight is 351 g/mol. The number of para-hydroxylation sites is 1. The zero-order valence-electron chi connectivity index (χ0n) is 13.1. The molecular weight excluding hydrogens is 336 g/mol. The van der Waals surface area contributed by atoms with Crippen molar-refractivity contribution in [3.05, 3.63) is 82.8 Å². The fourth-order valence-electron chi connectivity index (χ4n) is 2.75. The molecule has 0 saturated heterocycles. The molecule has 0 radical (unpaired) electrons. The first kappa shape index (κ1) is 15.2. The van der Waals surface area contributed by atoms with Gasteiger partial charge in [0.05, 0.1) is 22.5 Å². The van der Waals surface area contributed by atoms with Crippen LogP contribution >= 0.6 is 22.9 Å². The molecule has 2 nitrogen and oxygen atoms in total. The van der Waals surface area contributed by atoms with Gasteiger partial charge in [-0.3, -0.25) is 0 Å². The van der Waals surface area contributed by atoms with Gasteiger partial charge in [0.1, 0.15) is 0 Å². The summed E-state index contributed by atoms with van der Waals surface area (Å²) >= 11 is 7.82. The van der Waals surface area contributed by atoms with Crippen LogP contribution in [-0.4, -0.2) is 9.78 Å². The van der Waals surface area contributed by atoms with Gasteiger partial charge in [0, 0.05) is 15.5 Å². The van der Waals surface area contributed by atoms with E-state index < -0.39 is 0 Å². The van der Waals surface area contributed by atoms with Crippen molar-refractivity contribution in [3.63, 3.8) is 0 Å². The van der Waals surface area contributed by atoms with Gasteiger partial charge in [-0.25, -0.2) is 4.68 Å². The lowest BCUT2D eigenvalue weighted by molar-refractivity contribution is 0.890. The third kappa shape index (κ3) is 2.77. The maximum Gasteiger partial charge on any atom is 0.0919 e. The van der Waals surface area contributed by atoms with Crippen LogP contribution in [0.15, 0.2) is 72.9 Å². The van der Waals surface area contributed by atoms with Crippen molar-refractivity contribution in [3.8, 4) is 27.4 Å². The van der Waals surface area contributed by atoms with E-state index in [9.17, 15) is 0 Å². The molecule has 2 aromatic carbocycles. The van der Waals surface area contributed by atoms with Crippen LogP contribution in [0.2, 0.25) is 5.02 Å². The Kier molecular flexibility index (Phi) is 3.97. The van der Waals surface area contributed by atoms with Gasteiger partial charge in [-0.1, -0.05) is 41.9 Å². The molecule has 0 N–H and O–H groups in total. The zero-order chi connectivity index (χ0) is 16.5. The fourth-order valence-corrected chi connectivity index (χ4v) is 3.79. The summed E-state index contributed by atoms with van der Waals surface area (Å²) in [5, 5.41) is 5.40. The molecule has 0 fully saturated rings. The first-order chi connectivity index (χ1) is 11.7. The Morgan fingerprint density at radius 2 is 1.67 bits per heavy atom. The van der Waals surface area contributed by atoms with Crippen molar-refractivity contribution in [1.29, 1.82) is 0 Å². The predicted molar refractivity (Wildman–Crippen MR) is 102 cm³/mol. The second-order valence-electron chi connectivity index (χ2n) is 5.57. The molecule has 0 saturated carbocycles. The molecule has 0 bridgehead atoms. The van der Waals surface area contributed by atoms with Crippen molar-refractivity contribution < 1.29 is 0 Å². The molecule has 118 valence electrons. The minimum absolute atomic E-state index is 0.739. The fraction of sp³-hybridized carbons (Fsp3) is 0.0500. The molecule has 0 amide bonds. The summed E-state index contributed by atoms with van der Waals surface area (Å²) in [6.07, 6.45) is 1.93. The molecule has 0 aliphatic heterocycles. The number of aryl methyl sites for hydroxylation is 1. The van der Waals surface area contributed by atoms with Crippen molar-refractivity contribution in [2.45, 2.75) is 6.92 Å². The lowest BCUT2D eigenvalue weighted by Crippen LogP contribution is -1.98. The third-order valence-electron chi connectivity index (χ3n) is 3.90. The number of rotatable bonds is 3. The van der Waals surface area contributed by atoms with Gasteiger partial charge in [-0.05, 0) is 48.9 Å². The van der Waals surface area contributed by atoms with E-state index in [0.717, 1.165) is 27.5 Å². The second kappa shape index (κ2) is 6.27. The van der Waals surface area contributed by atoms with E-state index in [4.69, 9.17) is 11.6 Å². The molecule has 0 unspecified atom stereocenters. The van der Waals surface area contributed by atoms with E-state index in [0.29, 0.717) is 0 Å². The average Bonchev–Trinajstić information content (AvgIpc) is 3.22. The van der Waals surface area contributed by atoms with Crippen LogP contribution in [0.25, 0.3) is 27.4 Å². The number of benzene rings is 2. The summed E-state index contributed by atoms with van der Waals surface area (Å²) in [6.45, 7) is 2.12. The summed E-state index contributed by atoms with van der Waals surface area (Å²) in [5.41, 5.74) is 4.39. The number of nitrogens with zero attached hydrogens (tertiary/aromatic N) is 2. The molecule has 24 heavy (non-hydrogen) atoms. The van der Waals surface area contributed by atoms with Gasteiger partial charge < -0.3 is 0 Å². The number of hydrogen-bond donors (Lipinski definition) is 0.